The van der Waals surface area contributed by atoms with Crippen LogP contribution in [0.2, 0.25) is 0 Å². The smallest absolute Gasteiger partial charge is 0.0462 e. The molecule has 0 bridgehead atoms. The lowest BCUT2D eigenvalue weighted by molar-refractivity contribution is -0.0307. The molecule has 64 valence electrons. The molecule has 2 rings (SSSR count). The molecule has 0 aromatic heterocycles. The molecular weight excluding hydrogens is 138 g/mol. The number of fused-ring (bicyclic) bond motifs is 1. The third kappa shape index (κ3) is 1.18. The minimum atomic E-state index is 0.422. The highest BCUT2D eigenvalue weighted by Gasteiger charge is 2.42. The summed E-state index contributed by atoms with van der Waals surface area (Å²) < 4.78 is 0. The minimum Gasteiger partial charge on any atom is -0.396 e. The summed E-state index contributed by atoms with van der Waals surface area (Å²) in [7, 11) is 2.20. The summed E-state index contributed by atoms with van der Waals surface area (Å²) in [6.45, 7) is 2.92. The van der Waals surface area contributed by atoms with Crippen molar-refractivity contribution < 1.29 is 5.11 Å². The first-order valence-electron chi connectivity index (χ1n) is 4.60. The van der Waals surface area contributed by atoms with Crippen molar-refractivity contribution in [1.82, 2.24) is 4.90 Å². The topological polar surface area (TPSA) is 23.5 Å². The molecule has 1 saturated carbocycles. The van der Waals surface area contributed by atoms with E-state index < -0.39 is 0 Å². The predicted molar refractivity (Wildman–Crippen MR) is 44.3 cm³/mol. The monoisotopic (exact) mass is 155 g/mol. The molecule has 1 aliphatic heterocycles. The lowest BCUT2D eigenvalue weighted by atomic mass is 9.62. The standard InChI is InChI=1S/C9H17NO/c1-10-3-2-9-7(5-10)4-8(9)6-11/h7-9,11H,2-6H2,1H3. The summed E-state index contributed by atoms with van der Waals surface area (Å²) in [4.78, 5) is 2.41. The molecule has 0 aromatic rings. The van der Waals surface area contributed by atoms with Gasteiger partial charge in [0.2, 0.25) is 0 Å². The van der Waals surface area contributed by atoms with E-state index in [4.69, 9.17) is 5.11 Å². The summed E-state index contributed by atoms with van der Waals surface area (Å²) in [6.07, 6.45) is 2.58. The molecule has 3 atom stereocenters. The molecule has 2 nitrogen and oxygen atoms in total. The lowest BCUT2D eigenvalue weighted by Crippen LogP contribution is -2.49. The van der Waals surface area contributed by atoms with Crippen molar-refractivity contribution in [3.05, 3.63) is 0 Å². The van der Waals surface area contributed by atoms with Crippen molar-refractivity contribution in [2.75, 3.05) is 26.7 Å². The summed E-state index contributed by atoms with van der Waals surface area (Å²) in [5.41, 5.74) is 0. The van der Waals surface area contributed by atoms with Gasteiger partial charge in [-0.2, -0.15) is 0 Å². The minimum absolute atomic E-state index is 0.422. The Morgan fingerprint density at radius 1 is 1.55 bits per heavy atom. The van der Waals surface area contributed by atoms with Crippen LogP contribution in [0, 0.1) is 17.8 Å². The predicted octanol–water partition coefficient (Wildman–Crippen LogP) is 0.567. The second-order valence-electron chi connectivity index (χ2n) is 4.15. The van der Waals surface area contributed by atoms with Crippen LogP contribution in [0.5, 0.6) is 0 Å². The van der Waals surface area contributed by atoms with Crippen molar-refractivity contribution in [1.29, 1.82) is 0 Å². The van der Waals surface area contributed by atoms with Gasteiger partial charge in [-0.15, -0.1) is 0 Å². The maximum Gasteiger partial charge on any atom is 0.0462 e. The average Bonchev–Trinajstić information content (AvgIpc) is 1.95. The third-order valence-electron chi connectivity index (χ3n) is 3.44. The maximum absolute atomic E-state index is 8.98. The zero-order valence-electron chi connectivity index (χ0n) is 7.16. The summed E-state index contributed by atoms with van der Waals surface area (Å²) in [5, 5.41) is 8.98. The molecule has 3 unspecified atom stereocenters. The van der Waals surface area contributed by atoms with E-state index in [9.17, 15) is 0 Å². The molecule has 1 saturated heterocycles. The van der Waals surface area contributed by atoms with Crippen molar-refractivity contribution in [3.63, 3.8) is 0 Å². The van der Waals surface area contributed by atoms with Gasteiger partial charge in [0.05, 0.1) is 0 Å². The van der Waals surface area contributed by atoms with E-state index in [0.717, 1.165) is 11.8 Å². The molecule has 0 radical (unpaired) electrons. The molecule has 2 fully saturated rings. The van der Waals surface area contributed by atoms with Crippen molar-refractivity contribution in [2.24, 2.45) is 17.8 Å². The van der Waals surface area contributed by atoms with Gasteiger partial charge in [-0.3, -0.25) is 0 Å². The Kier molecular flexibility index (Phi) is 1.90. The molecule has 1 heterocycles. The fourth-order valence-electron chi connectivity index (χ4n) is 2.68. The van der Waals surface area contributed by atoms with Gasteiger partial charge >= 0.3 is 0 Å². The van der Waals surface area contributed by atoms with Gasteiger partial charge in [0.15, 0.2) is 0 Å². The zero-order valence-corrected chi connectivity index (χ0v) is 7.16. The van der Waals surface area contributed by atoms with Gasteiger partial charge in [0.1, 0.15) is 0 Å². The van der Waals surface area contributed by atoms with Gasteiger partial charge in [-0.1, -0.05) is 0 Å². The highest BCUT2D eigenvalue weighted by molar-refractivity contribution is 4.93. The number of likely N-dealkylation sites (tertiary alicyclic amines) is 1. The zero-order chi connectivity index (χ0) is 7.84. The average molecular weight is 155 g/mol. The van der Waals surface area contributed by atoms with Crippen LogP contribution in [0.25, 0.3) is 0 Å². The number of aliphatic hydroxyl groups is 1. The van der Waals surface area contributed by atoms with Gasteiger partial charge in [-0.25, -0.2) is 0 Å². The Hall–Kier alpha value is -0.0800. The second-order valence-corrected chi connectivity index (χ2v) is 4.15. The first-order valence-corrected chi connectivity index (χ1v) is 4.60. The highest BCUT2D eigenvalue weighted by Crippen LogP contribution is 2.44. The molecule has 1 N–H and O–H groups in total. The fraction of sp³-hybridized carbons (Fsp3) is 1.00. The molecule has 0 aromatic carbocycles. The molecule has 2 heteroatoms. The first kappa shape index (κ1) is 7.56. The lowest BCUT2D eigenvalue weighted by Gasteiger charge is -2.49. The van der Waals surface area contributed by atoms with Crippen LogP contribution in [0.4, 0.5) is 0 Å². The Balaban J connectivity index is 1.89. The van der Waals surface area contributed by atoms with Crippen LogP contribution in [-0.4, -0.2) is 36.8 Å². The Bertz CT molecular complexity index is 148. The number of aliphatic hydroxyl groups excluding tert-OH is 1. The number of piperidine rings is 1. The quantitative estimate of drug-likeness (QED) is 0.598. The number of nitrogens with zero attached hydrogens (tertiary/aromatic N) is 1. The van der Waals surface area contributed by atoms with E-state index >= 15 is 0 Å². The molecule has 0 spiro atoms. The van der Waals surface area contributed by atoms with E-state index in [1.54, 1.807) is 0 Å². The van der Waals surface area contributed by atoms with Crippen LogP contribution >= 0.6 is 0 Å². The Labute approximate surface area is 68.2 Å². The van der Waals surface area contributed by atoms with E-state index in [2.05, 4.69) is 11.9 Å². The summed E-state index contributed by atoms with van der Waals surface area (Å²) in [5.74, 6) is 2.41. The van der Waals surface area contributed by atoms with Crippen LogP contribution in [0.15, 0.2) is 0 Å². The molecule has 1 aliphatic carbocycles. The van der Waals surface area contributed by atoms with Crippen LogP contribution in [-0.2, 0) is 0 Å². The fourth-order valence-corrected chi connectivity index (χ4v) is 2.68. The largest absolute Gasteiger partial charge is 0.396 e. The molecular formula is C9H17NO. The van der Waals surface area contributed by atoms with Crippen molar-refractivity contribution in [3.8, 4) is 0 Å². The van der Waals surface area contributed by atoms with Gasteiger partial charge in [0, 0.05) is 13.2 Å². The van der Waals surface area contributed by atoms with Crippen molar-refractivity contribution >= 4 is 0 Å². The van der Waals surface area contributed by atoms with E-state index in [-0.39, 0.29) is 0 Å². The van der Waals surface area contributed by atoms with Gasteiger partial charge < -0.3 is 10.0 Å². The van der Waals surface area contributed by atoms with Crippen LogP contribution in [0.1, 0.15) is 12.8 Å². The van der Waals surface area contributed by atoms with Gasteiger partial charge in [0.25, 0.3) is 0 Å². The second kappa shape index (κ2) is 2.76. The normalized spacial score (nSPS) is 44.7. The third-order valence-corrected chi connectivity index (χ3v) is 3.44. The van der Waals surface area contributed by atoms with Crippen molar-refractivity contribution in [2.45, 2.75) is 12.8 Å². The van der Waals surface area contributed by atoms with Crippen LogP contribution < -0.4 is 0 Å². The molecule has 11 heavy (non-hydrogen) atoms. The van der Waals surface area contributed by atoms with E-state index in [1.807, 2.05) is 0 Å². The van der Waals surface area contributed by atoms with Crippen LogP contribution in [0.3, 0.4) is 0 Å². The van der Waals surface area contributed by atoms with E-state index in [1.165, 1.54) is 25.9 Å². The number of hydrogen-bond donors (Lipinski definition) is 1. The molecule has 2 aliphatic rings. The maximum atomic E-state index is 8.98. The summed E-state index contributed by atoms with van der Waals surface area (Å²) >= 11 is 0. The Morgan fingerprint density at radius 2 is 2.36 bits per heavy atom. The van der Waals surface area contributed by atoms with E-state index in [0.29, 0.717) is 12.5 Å². The number of rotatable bonds is 1. The first-order chi connectivity index (χ1) is 5.31. The molecule has 0 amide bonds. The van der Waals surface area contributed by atoms with Gasteiger partial charge in [-0.05, 0) is 44.2 Å². The highest BCUT2D eigenvalue weighted by atomic mass is 16.3. The SMILES string of the molecule is CN1CCC2C(CO)CC2C1. The Morgan fingerprint density at radius 3 is 3.00 bits per heavy atom. The number of hydrogen-bond acceptors (Lipinski definition) is 2. The summed E-state index contributed by atoms with van der Waals surface area (Å²) in [6, 6.07) is 0.